The second-order valence-electron chi connectivity index (χ2n) is 6.87. The van der Waals surface area contributed by atoms with E-state index < -0.39 is 18.0 Å². The van der Waals surface area contributed by atoms with E-state index in [4.69, 9.17) is 5.73 Å². The van der Waals surface area contributed by atoms with Gasteiger partial charge < -0.3 is 15.5 Å². The molecule has 0 aromatic heterocycles. The van der Waals surface area contributed by atoms with Crippen LogP contribution in [0.3, 0.4) is 0 Å². The highest BCUT2D eigenvalue weighted by Gasteiger charge is 2.43. The molecule has 0 bridgehead atoms. The maximum absolute atomic E-state index is 13.1. The van der Waals surface area contributed by atoms with Gasteiger partial charge in [0.15, 0.2) is 0 Å². The molecule has 2 heterocycles. The van der Waals surface area contributed by atoms with Crippen molar-refractivity contribution in [1.82, 2.24) is 9.80 Å². The Balaban J connectivity index is 1.88. The van der Waals surface area contributed by atoms with Gasteiger partial charge in [0.25, 0.3) is 5.91 Å². The van der Waals surface area contributed by atoms with E-state index in [0.717, 1.165) is 12.0 Å². The van der Waals surface area contributed by atoms with Gasteiger partial charge in [0, 0.05) is 18.7 Å². The normalized spacial score (nSPS) is 21.3. The number of fused-ring (bicyclic) bond motifs is 1. The van der Waals surface area contributed by atoms with Crippen molar-refractivity contribution in [3.05, 3.63) is 35.4 Å². The molecule has 24 heavy (non-hydrogen) atoms. The Morgan fingerprint density at radius 3 is 2.58 bits per heavy atom. The molecular formula is C18H23N3O3. The third-order valence-electron chi connectivity index (χ3n) is 4.93. The summed E-state index contributed by atoms with van der Waals surface area (Å²) in [5.41, 5.74) is 7.03. The third kappa shape index (κ3) is 2.66. The number of nitrogens with two attached hydrogens (primary N) is 1. The van der Waals surface area contributed by atoms with Gasteiger partial charge in [0.2, 0.25) is 11.8 Å². The topological polar surface area (TPSA) is 83.7 Å². The number of carbonyl (C=O) groups is 3. The number of amides is 3. The molecule has 0 radical (unpaired) electrons. The molecular weight excluding hydrogens is 306 g/mol. The van der Waals surface area contributed by atoms with Gasteiger partial charge in [0.05, 0.1) is 0 Å². The first-order valence-electron chi connectivity index (χ1n) is 8.40. The van der Waals surface area contributed by atoms with Gasteiger partial charge in [-0.1, -0.05) is 32.0 Å². The molecule has 0 spiro atoms. The lowest BCUT2D eigenvalue weighted by Crippen LogP contribution is -2.54. The van der Waals surface area contributed by atoms with Crippen LogP contribution in [0.25, 0.3) is 0 Å². The van der Waals surface area contributed by atoms with E-state index in [9.17, 15) is 14.4 Å². The van der Waals surface area contributed by atoms with Gasteiger partial charge in [-0.3, -0.25) is 14.4 Å². The molecule has 2 aliphatic rings. The fourth-order valence-corrected chi connectivity index (χ4v) is 3.78. The second-order valence-corrected chi connectivity index (χ2v) is 6.87. The smallest absolute Gasteiger partial charge is 0.255 e. The maximum Gasteiger partial charge on any atom is 0.255 e. The van der Waals surface area contributed by atoms with E-state index in [1.54, 1.807) is 15.9 Å². The fourth-order valence-electron chi connectivity index (χ4n) is 3.78. The Hall–Kier alpha value is -2.37. The summed E-state index contributed by atoms with van der Waals surface area (Å²) in [5.74, 6) is -0.816. The molecule has 2 unspecified atom stereocenters. The van der Waals surface area contributed by atoms with E-state index in [-0.39, 0.29) is 17.7 Å². The van der Waals surface area contributed by atoms with E-state index in [2.05, 4.69) is 0 Å². The Morgan fingerprint density at radius 2 is 1.96 bits per heavy atom. The van der Waals surface area contributed by atoms with Crippen molar-refractivity contribution in [2.45, 2.75) is 45.3 Å². The fraction of sp³-hybridized carbons (Fsp3) is 0.500. The van der Waals surface area contributed by atoms with Crippen molar-refractivity contribution in [3.63, 3.8) is 0 Å². The highest BCUT2D eigenvalue weighted by molar-refractivity contribution is 6.01. The van der Waals surface area contributed by atoms with E-state index in [1.165, 1.54) is 0 Å². The summed E-state index contributed by atoms with van der Waals surface area (Å²) in [6, 6.07) is 6.30. The average Bonchev–Trinajstić information content (AvgIpc) is 3.14. The van der Waals surface area contributed by atoms with Gasteiger partial charge in [0.1, 0.15) is 12.1 Å². The number of rotatable bonds is 4. The molecule has 3 rings (SSSR count). The van der Waals surface area contributed by atoms with Crippen LogP contribution in [0.4, 0.5) is 0 Å². The van der Waals surface area contributed by atoms with Gasteiger partial charge in [-0.25, -0.2) is 0 Å². The standard InChI is InChI=1S/C18H23N3O3/c1-11(2)15(18(24)20-9-5-8-14(20)16(19)22)21-10-12-6-3-4-7-13(12)17(21)23/h3-4,6-7,11,14-15H,5,8-10H2,1-2H3,(H2,19,22). The highest BCUT2D eigenvalue weighted by atomic mass is 16.2. The van der Waals surface area contributed by atoms with Gasteiger partial charge in [-0.05, 0) is 30.4 Å². The summed E-state index contributed by atoms with van der Waals surface area (Å²) >= 11 is 0. The number of benzene rings is 1. The molecule has 2 atom stereocenters. The van der Waals surface area contributed by atoms with E-state index >= 15 is 0 Å². The molecule has 6 nitrogen and oxygen atoms in total. The van der Waals surface area contributed by atoms with Gasteiger partial charge in [-0.15, -0.1) is 0 Å². The Labute approximate surface area is 141 Å². The summed E-state index contributed by atoms with van der Waals surface area (Å²) in [6.45, 7) is 4.80. The molecule has 6 heteroatoms. The molecule has 1 aromatic rings. The van der Waals surface area contributed by atoms with Crippen molar-refractivity contribution in [1.29, 1.82) is 0 Å². The quantitative estimate of drug-likeness (QED) is 0.899. The zero-order chi connectivity index (χ0) is 17.4. The van der Waals surface area contributed by atoms with Crippen molar-refractivity contribution in [2.24, 2.45) is 11.7 Å². The van der Waals surface area contributed by atoms with Crippen LogP contribution in [0.1, 0.15) is 42.6 Å². The van der Waals surface area contributed by atoms with Crippen LogP contribution in [-0.2, 0) is 16.1 Å². The summed E-state index contributed by atoms with van der Waals surface area (Å²) in [5, 5.41) is 0. The molecule has 0 aliphatic carbocycles. The minimum Gasteiger partial charge on any atom is -0.368 e. The molecule has 1 aromatic carbocycles. The van der Waals surface area contributed by atoms with Crippen LogP contribution >= 0.6 is 0 Å². The zero-order valence-corrected chi connectivity index (χ0v) is 14.1. The predicted octanol–water partition coefficient (Wildman–Crippen LogP) is 1.14. The SMILES string of the molecule is CC(C)C(C(=O)N1CCCC1C(N)=O)N1Cc2ccccc2C1=O. The van der Waals surface area contributed by atoms with Crippen LogP contribution in [0, 0.1) is 5.92 Å². The van der Waals surface area contributed by atoms with Crippen LogP contribution in [-0.4, -0.2) is 46.1 Å². The first kappa shape index (κ1) is 16.5. The molecule has 2 N–H and O–H groups in total. The summed E-state index contributed by atoms with van der Waals surface area (Å²) in [7, 11) is 0. The van der Waals surface area contributed by atoms with Crippen LogP contribution in [0.5, 0.6) is 0 Å². The Bertz CT molecular complexity index is 686. The van der Waals surface area contributed by atoms with Crippen LogP contribution < -0.4 is 5.73 Å². The summed E-state index contributed by atoms with van der Waals surface area (Å²) in [6.07, 6.45) is 1.36. The van der Waals surface area contributed by atoms with Gasteiger partial charge in [-0.2, -0.15) is 0 Å². The number of hydrogen-bond acceptors (Lipinski definition) is 3. The lowest BCUT2D eigenvalue weighted by molar-refractivity contribution is -0.142. The monoisotopic (exact) mass is 329 g/mol. The zero-order valence-electron chi connectivity index (χ0n) is 14.1. The molecule has 2 aliphatic heterocycles. The van der Waals surface area contributed by atoms with E-state index in [0.29, 0.717) is 25.1 Å². The molecule has 0 saturated carbocycles. The number of nitrogens with zero attached hydrogens (tertiary/aromatic N) is 2. The minimum atomic E-state index is -0.579. The summed E-state index contributed by atoms with van der Waals surface area (Å²) in [4.78, 5) is 40.7. The largest absolute Gasteiger partial charge is 0.368 e. The Kier molecular flexibility index (Phi) is 4.30. The number of primary amides is 1. The van der Waals surface area contributed by atoms with Crippen LogP contribution in [0.15, 0.2) is 24.3 Å². The van der Waals surface area contributed by atoms with Crippen molar-refractivity contribution in [2.75, 3.05) is 6.54 Å². The highest BCUT2D eigenvalue weighted by Crippen LogP contribution is 2.29. The first-order valence-corrected chi connectivity index (χ1v) is 8.40. The second kappa shape index (κ2) is 6.26. The third-order valence-corrected chi connectivity index (χ3v) is 4.93. The van der Waals surface area contributed by atoms with Gasteiger partial charge >= 0.3 is 0 Å². The number of carbonyl (C=O) groups excluding carboxylic acids is 3. The predicted molar refractivity (Wildman–Crippen MR) is 88.9 cm³/mol. The lowest BCUT2D eigenvalue weighted by atomic mass is 10.0. The molecule has 1 fully saturated rings. The Morgan fingerprint density at radius 1 is 1.25 bits per heavy atom. The van der Waals surface area contributed by atoms with Crippen molar-refractivity contribution in [3.8, 4) is 0 Å². The lowest BCUT2D eigenvalue weighted by Gasteiger charge is -2.34. The number of likely N-dealkylation sites (tertiary alicyclic amines) is 1. The van der Waals surface area contributed by atoms with E-state index in [1.807, 2.05) is 32.0 Å². The maximum atomic E-state index is 13.1. The number of hydrogen-bond donors (Lipinski definition) is 1. The minimum absolute atomic E-state index is 0.0510. The first-order chi connectivity index (χ1) is 11.4. The average molecular weight is 329 g/mol. The van der Waals surface area contributed by atoms with Crippen molar-refractivity contribution >= 4 is 17.7 Å². The summed E-state index contributed by atoms with van der Waals surface area (Å²) < 4.78 is 0. The molecule has 1 saturated heterocycles. The molecule has 128 valence electrons. The van der Waals surface area contributed by atoms with Crippen LogP contribution in [0.2, 0.25) is 0 Å². The molecule has 3 amide bonds. The van der Waals surface area contributed by atoms with Crippen molar-refractivity contribution < 1.29 is 14.4 Å².